The molecule has 1 aromatic carbocycles. The van der Waals surface area contributed by atoms with Gasteiger partial charge in [0.1, 0.15) is 5.75 Å². The van der Waals surface area contributed by atoms with Crippen LogP contribution in [-0.2, 0) is 20.7 Å². The van der Waals surface area contributed by atoms with Crippen LogP contribution < -0.4 is 4.74 Å². The number of likely N-dealkylation sites (N-methyl/N-ethyl adjacent to an activating group) is 1. The maximum absolute atomic E-state index is 12.9. The lowest BCUT2D eigenvalue weighted by Crippen LogP contribution is -2.54. The van der Waals surface area contributed by atoms with Gasteiger partial charge in [0.25, 0.3) is 0 Å². The van der Waals surface area contributed by atoms with Gasteiger partial charge in [0.2, 0.25) is 5.91 Å². The van der Waals surface area contributed by atoms with E-state index < -0.39 is 12.1 Å². The van der Waals surface area contributed by atoms with E-state index in [1.54, 1.807) is 14.2 Å². The van der Waals surface area contributed by atoms with Gasteiger partial charge in [-0.25, -0.2) is 4.79 Å². The van der Waals surface area contributed by atoms with Crippen molar-refractivity contribution in [3.05, 3.63) is 29.8 Å². The molecule has 2 fully saturated rings. The number of aliphatic carboxylic acids is 1. The summed E-state index contributed by atoms with van der Waals surface area (Å²) in [6.45, 7) is 6.01. The van der Waals surface area contributed by atoms with Gasteiger partial charge in [0, 0.05) is 32.7 Å². The van der Waals surface area contributed by atoms with Gasteiger partial charge in [0.15, 0.2) is 0 Å². The van der Waals surface area contributed by atoms with E-state index in [0.717, 1.165) is 43.9 Å². The lowest BCUT2D eigenvalue weighted by atomic mass is 9.88. The number of benzene rings is 1. The minimum absolute atomic E-state index is 0.225. The van der Waals surface area contributed by atoms with Crippen molar-refractivity contribution < 1.29 is 37.3 Å². The number of fused-ring (bicyclic) bond motifs is 1. The van der Waals surface area contributed by atoms with Crippen LogP contribution in [0.1, 0.15) is 18.9 Å². The molecule has 2 aliphatic heterocycles. The number of hydrogen-bond donors (Lipinski definition) is 1. The Labute approximate surface area is 179 Å². The number of carbonyl (C=O) groups is 2. The Morgan fingerprint density at radius 3 is 2.26 bits per heavy atom. The molecule has 0 radical (unpaired) electrons. The predicted octanol–water partition coefficient (Wildman–Crippen LogP) is 2.44. The SMILES string of the molecule is CCN1C[C@@H]2[C@@H](OC)CCN(C(=O)Cc3ccc(OC)cc3)[C@@H]2C1.O=C(O)C(F)(F)F. The van der Waals surface area contributed by atoms with Crippen LogP contribution in [0.2, 0.25) is 0 Å². The Morgan fingerprint density at radius 1 is 1.16 bits per heavy atom. The van der Waals surface area contributed by atoms with Crippen LogP contribution in [0.4, 0.5) is 13.2 Å². The van der Waals surface area contributed by atoms with Gasteiger partial charge in [-0.3, -0.25) is 4.79 Å². The van der Waals surface area contributed by atoms with Crippen LogP contribution in [0, 0.1) is 5.92 Å². The Bertz CT molecular complexity index is 742. The van der Waals surface area contributed by atoms with Gasteiger partial charge in [-0.2, -0.15) is 13.2 Å². The fraction of sp³-hybridized carbons (Fsp3) is 0.619. The molecule has 10 heteroatoms. The average molecular weight is 446 g/mol. The standard InChI is InChI=1S/C19H28N2O3.C2HF3O2/c1-4-20-12-16-17(13-20)21(10-9-18(16)24-3)19(22)11-14-5-7-15(23-2)8-6-14;3-2(4,5)1(6)7/h5-8,16-18H,4,9-13H2,1-3H3;(H,6,7)/t16-,17+,18-;/m0./s1. The maximum atomic E-state index is 12.9. The third-order valence-corrected chi connectivity index (χ3v) is 5.77. The maximum Gasteiger partial charge on any atom is 0.490 e. The molecule has 0 aliphatic carbocycles. The Morgan fingerprint density at radius 2 is 1.77 bits per heavy atom. The Hall–Kier alpha value is -2.33. The van der Waals surface area contributed by atoms with Crippen molar-refractivity contribution in [2.75, 3.05) is 40.4 Å². The van der Waals surface area contributed by atoms with Crippen LogP contribution in [0.25, 0.3) is 0 Å². The summed E-state index contributed by atoms with van der Waals surface area (Å²) >= 11 is 0. The van der Waals surface area contributed by atoms with E-state index in [4.69, 9.17) is 19.4 Å². The molecular formula is C21H29F3N2O5. The topological polar surface area (TPSA) is 79.3 Å². The van der Waals surface area contributed by atoms with Gasteiger partial charge in [-0.05, 0) is 30.7 Å². The summed E-state index contributed by atoms with van der Waals surface area (Å²) < 4.78 is 42.6. The molecule has 7 nitrogen and oxygen atoms in total. The molecule has 0 bridgehead atoms. The van der Waals surface area contributed by atoms with E-state index >= 15 is 0 Å². The van der Waals surface area contributed by atoms with Crippen molar-refractivity contribution in [1.29, 1.82) is 0 Å². The van der Waals surface area contributed by atoms with Crippen LogP contribution >= 0.6 is 0 Å². The summed E-state index contributed by atoms with van der Waals surface area (Å²) in [6.07, 6.45) is -3.42. The van der Waals surface area contributed by atoms with Crippen molar-refractivity contribution in [1.82, 2.24) is 9.80 Å². The second kappa shape index (κ2) is 10.8. The molecule has 174 valence electrons. The van der Waals surface area contributed by atoms with Crippen molar-refractivity contribution in [3.8, 4) is 5.75 Å². The largest absolute Gasteiger partial charge is 0.497 e. The fourth-order valence-electron chi connectivity index (χ4n) is 4.12. The highest BCUT2D eigenvalue weighted by Gasteiger charge is 2.45. The smallest absolute Gasteiger partial charge is 0.490 e. The number of halogens is 3. The number of carboxylic acid groups (broad SMARTS) is 1. The molecule has 1 aromatic rings. The normalized spacial score (nSPS) is 23.5. The summed E-state index contributed by atoms with van der Waals surface area (Å²) in [6, 6.07) is 8.06. The molecule has 1 N–H and O–H groups in total. The quantitative estimate of drug-likeness (QED) is 0.749. The predicted molar refractivity (Wildman–Crippen MR) is 107 cm³/mol. The van der Waals surface area contributed by atoms with E-state index in [-0.39, 0.29) is 18.1 Å². The average Bonchev–Trinajstić information content (AvgIpc) is 3.17. The highest BCUT2D eigenvalue weighted by atomic mass is 19.4. The first-order chi connectivity index (χ1) is 14.6. The zero-order valence-electron chi connectivity index (χ0n) is 17.9. The number of alkyl halides is 3. The molecule has 2 aliphatic rings. The number of piperidine rings is 1. The fourth-order valence-corrected chi connectivity index (χ4v) is 4.12. The summed E-state index contributed by atoms with van der Waals surface area (Å²) in [5.41, 5.74) is 1.04. The van der Waals surface area contributed by atoms with Crippen LogP contribution in [0.15, 0.2) is 24.3 Å². The van der Waals surface area contributed by atoms with E-state index in [1.165, 1.54) is 0 Å². The Kier molecular flexibility index (Phi) is 8.69. The molecule has 3 rings (SSSR count). The number of rotatable bonds is 5. The molecule has 31 heavy (non-hydrogen) atoms. The number of nitrogens with zero attached hydrogens (tertiary/aromatic N) is 2. The van der Waals surface area contributed by atoms with E-state index in [9.17, 15) is 18.0 Å². The molecule has 0 aromatic heterocycles. The van der Waals surface area contributed by atoms with Crippen molar-refractivity contribution in [2.24, 2.45) is 5.92 Å². The summed E-state index contributed by atoms with van der Waals surface area (Å²) in [4.78, 5) is 26.3. The number of methoxy groups -OCH3 is 2. The molecule has 0 unspecified atom stereocenters. The summed E-state index contributed by atoms with van der Waals surface area (Å²) in [7, 11) is 3.45. The number of likely N-dealkylation sites (tertiary alicyclic amines) is 2. The highest BCUT2D eigenvalue weighted by molar-refractivity contribution is 5.79. The number of hydrogen-bond acceptors (Lipinski definition) is 5. The molecule has 3 atom stereocenters. The van der Waals surface area contributed by atoms with Crippen molar-refractivity contribution >= 4 is 11.9 Å². The molecule has 1 amide bonds. The van der Waals surface area contributed by atoms with Gasteiger partial charge >= 0.3 is 12.1 Å². The Balaban J connectivity index is 0.000000423. The first kappa shape index (κ1) is 24.9. The minimum Gasteiger partial charge on any atom is -0.497 e. The van der Waals surface area contributed by atoms with Crippen molar-refractivity contribution in [3.63, 3.8) is 0 Å². The van der Waals surface area contributed by atoms with Crippen LogP contribution in [-0.4, -0.2) is 85.5 Å². The second-order valence-corrected chi connectivity index (χ2v) is 7.56. The van der Waals surface area contributed by atoms with Crippen LogP contribution in [0.5, 0.6) is 5.75 Å². The zero-order chi connectivity index (χ0) is 23.2. The first-order valence-corrected chi connectivity index (χ1v) is 10.1. The number of carbonyl (C=O) groups excluding carboxylic acids is 1. The molecule has 0 spiro atoms. The number of ether oxygens (including phenoxy) is 2. The monoisotopic (exact) mass is 446 g/mol. The lowest BCUT2D eigenvalue weighted by molar-refractivity contribution is -0.192. The third-order valence-electron chi connectivity index (χ3n) is 5.77. The molecule has 2 saturated heterocycles. The number of amides is 1. The van der Waals surface area contributed by atoms with Gasteiger partial charge in [0.05, 0.1) is 25.7 Å². The van der Waals surface area contributed by atoms with Gasteiger partial charge in [-0.1, -0.05) is 19.1 Å². The van der Waals surface area contributed by atoms with Crippen molar-refractivity contribution in [2.45, 2.75) is 38.1 Å². The van der Waals surface area contributed by atoms with E-state index in [2.05, 4.69) is 16.7 Å². The van der Waals surface area contributed by atoms with Gasteiger partial charge in [-0.15, -0.1) is 0 Å². The molecule has 2 heterocycles. The number of carboxylic acids is 1. The summed E-state index contributed by atoms with van der Waals surface area (Å²) in [5, 5.41) is 7.12. The molecular weight excluding hydrogens is 417 g/mol. The summed E-state index contributed by atoms with van der Waals surface area (Å²) in [5.74, 6) is -1.28. The van der Waals surface area contributed by atoms with Crippen LogP contribution in [0.3, 0.4) is 0 Å². The third kappa shape index (κ3) is 6.57. The highest BCUT2D eigenvalue weighted by Crippen LogP contribution is 2.32. The first-order valence-electron chi connectivity index (χ1n) is 10.1. The van der Waals surface area contributed by atoms with E-state index in [1.807, 2.05) is 24.3 Å². The zero-order valence-corrected chi connectivity index (χ0v) is 17.9. The second-order valence-electron chi connectivity index (χ2n) is 7.56. The lowest BCUT2D eigenvalue weighted by Gasteiger charge is -2.41. The van der Waals surface area contributed by atoms with E-state index in [0.29, 0.717) is 12.3 Å². The minimum atomic E-state index is -5.08. The molecule has 0 saturated carbocycles. The van der Waals surface area contributed by atoms with Gasteiger partial charge < -0.3 is 24.4 Å².